The fraction of sp³-hybridized carbons (Fsp3) is 0.438. The minimum absolute atomic E-state index is 0.228. The van der Waals surface area contributed by atoms with E-state index in [9.17, 15) is 18.5 Å². The second-order valence-corrected chi connectivity index (χ2v) is 8.89. The summed E-state index contributed by atoms with van der Waals surface area (Å²) in [5, 5.41) is 14.3. The van der Waals surface area contributed by atoms with E-state index in [0.717, 1.165) is 16.8 Å². The molecule has 1 fully saturated rings. The Labute approximate surface area is 155 Å². The molecule has 3 rings (SSSR count). The topological polar surface area (TPSA) is 103 Å². The van der Waals surface area contributed by atoms with Gasteiger partial charge < -0.3 is 4.74 Å². The van der Waals surface area contributed by atoms with E-state index in [4.69, 9.17) is 4.74 Å². The van der Waals surface area contributed by atoms with Crippen molar-refractivity contribution in [2.45, 2.75) is 30.6 Å². The molecule has 2 aromatic rings. The average molecular weight is 397 g/mol. The maximum atomic E-state index is 12.9. The maximum absolute atomic E-state index is 12.9. The lowest BCUT2D eigenvalue weighted by Crippen LogP contribution is -2.38. The van der Waals surface area contributed by atoms with Gasteiger partial charge in [-0.2, -0.15) is 4.31 Å². The van der Waals surface area contributed by atoms with Gasteiger partial charge in [-0.3, -0.25) is 10.1 Å². The number of hydrogen-bond acceptors (Lipinski definition) is 7. The zero-order chi connectivity index (χ0) is 18.9. The molecule has 1 aliphatic heterocycles. The normalized spacial score (nSPS) is 16.5. The quantitative estimate of drug-likeness (QED) is 0.568. The minimum atomic E-state index is -3.94. The monoisotopic (exact) mass is 397 g/mol. The van der Waals surface area contributed by atoms with E-state index in [2.05, 4.69) is 4.98 Å². The summed E-state index contributed by atoms with van der Waals surface area (Å²) in [6.45, 7) is 2.56. The van der Waals surface area contributed by atoms with E-state index in [1.165, 1.54) is 23.5 Å². The highest BCUT2D eigenvalue weighted by molar-refractivity contribution is 7.89. The molecule has 0 aliphatic carbocycles. The summed E-state index contributed by atoms with van der Waals surface area (Å²) in [4.78, 5) is 14.8. The Kier molecular flexibility index (Phi) is 5.26. The number of sulfonamides is 1. The highest BCUT2D eigenvalue weighted by Crippen LogP contribution is 2.35. The second-order valence-electron chi connectivity index (χ2n) is 6.10. The largest absolute Gasteiger partial charge is 0.497 e. The molecular weight excluding hydrogens is 378 g/mol. The molecule has 0 bridgehead atoms. The lowest BCUT2D eigenvalue weighted by Gasteiger charge is -2.30. The van der Waals surface area contributed by atoms with E-state index in [1.807, 2.05) is 12.3 Å². The number of piperidine rings is 1. The number of hydrogen-bond donors (Lipinski definition) is 0. The first kappa shape index (κ1) is 18.7. The van der Waals surface area contributed by atoms with E-state index in [0.29, 0.717) is 25.9 Å². The minimum Gasteiger partial charge on any atom is -0.497 e. The van der Waals surface area contributed by atoms with Crippen LogP contribution in [0.25, 0.3) is 0 Å². The molecule has 0 radical (unpaired) electrons. The smallest absolute Gasteiger partial charge is 0.293 e. The maximum Gasteiger partial charge on any atom is 0.293 e. The van der Waals surface area contributed by atoms with Crippen LogP contribution < -0.4 is 4.74 Å². The van der Waals surface area contributed by atoms with Gasteiger partial charge in [-0.25, -0.2) is 13.4 Å². The zero-order valence-electron chi connectivity index (χ0n) is 14.4. The number of ether oxygens (including phenoxy) is 1. The number of methoxy groups -OCH3 is 1. The van der Waals surface area contributed by atoms with Crippen molar-refractivity contribution in [3.63, 3.8) is 0 Å². The molecule has 0 N–H and O–H groups in total. The molecule has 1 aromatic carbocycles. The molecule has 0 amide bonds. The third-order valence-electron chi connectivity index (χ3n) is 4.42. The summed E-state index contributed by atoms with van der Waals surface area (Å²) in [5.74, 6) is 0.472. The molecule has 1 aromatic heterocycles. The number of nitrogens with zero attached hydrogens (tertiary/aromatic N) is 3. The molecule has 0 spiro atoms. The first-order valence-corrected chi connectivity index (χ1v) is 10.4. The summed E-state index contributed by atoms with van der Waals surface area (Å²) < 4.78 is 32.1. The van der Waals surface area contributed by atoms with Gasteiger partial charge in [0, 0.05) is 30.1 Å². The average Bonchev–Trinajstić information content (AvgIpc) is 3.07. The van der Waals surface area contributed by atoms with Crippen molar-refractivity contribution >= 4 is 27.0 Å². The van der Waals surface area contributed by atoms with Gasteiger partial charge in [-0.1, -0.05) is 0 Å². The van der Waals surface area contributed by atoms with Crippen LogP contribution in [0.15, 0.2) is 28.5 Å². The number of aromatic nitrogens is 1. The summed E-state index contributed by atoms with van der Waals surface area (Å²) in [6, 6.07) is 3.80. The van der Waals surface area contributed by atoms with Gasteiger partial charge in [0.05, 0.1) is 23.1 Å². The van der Waals surface area contributed by atoms with Gasteiger partial charge in [0.1, 0.15) is 5.75 Å². The van der Waals surface area contributed by atoms with Crippen LogP contribution in [-0.2, 0) is 10.0 Å². The van der Waals surface area contributed by atoms with Crippen molar-refractivity contribution in [2.75, 3.05) is 20.2 Å². The molecule has 8 nitrogen and oxygen atoms in total. The first-order chi connectivity index (χ1) is 12.3. The van der Waals surface area contributed by atoms with Crippen LogP contribution in [0.1, 0.15) is 29.5 Å². The highest BCUT2D eigenvalue weighted by Gasteiger charge is 2.35. The van der Waals surface area contributed by atoms with E-state index in [1.54, 1.807) is 11.3 Å². The van der Waals surface area contributed by atoms with Crippen molar-refractivity contribution in [1.29, 1.82) is 0 Å². The fourth-order valence-electron chi connectivity index (χ4n) is 3.03. The highest BCUT2D eigenvalue weighted by atomic mass is 32.2. The number of thiazole rings is 1. The standard InChI is InChI=1S/C16H19N3O5S2/c1-11-10-25-16(17-11)12-5-7-18(8-6-12)26(22,23)15-4-3-13(24-2)9-14(15)19(20)21/h3-4,9-10,12H,5-8H2,1-2H3. The number of benzene rings is 1. The molecule has 26 heavy (non-hydrogen) atoms. The number of nitro groups is 1. The van der Waals surface area contributed by atoms with Crippen LogP contribution in [0, 0.1) is 17.0 Å². The van der Waals surface area contributed by atoms with Gasteiger partial charge in [0.2, 0.25) is 10.0 Å². The van der Waals surface area contributed by atoms with Crippen molar-refractivity contribution in [1.82, 2.24) is 9.29 Å². The Morgan fingerprint density at radius 1 is 1.35 bits per heavy atom. The molecule has 0 saturated carbocycles. The fourth-order valence-corrected chi connectivity index (χ4v) is 5.60. The number of nitro benzene ring substituents is 1. The Hall–Kier alpha value is -2.04. The van der Waals surface area contributed by atoms with E-state index in [-0.39, 0.29) is 16.6 Å². The van der Waals surface area contributed by atoms with Gasteiger partial charge in [0.15, 0.2) is 4.90 Å². The summed E-state index contributed by atoms with van der Waals surface area (Å²) >= 11 is 1.59. The van der Waals surface area contributed by atoms with E-state index < -0.39 is 20.6 Å². The second kappa shape index (κ2) is 7.29. The van der Waals surface area contributed by atoms with Gasteiger partial charge in [-0.15, -0.1) is 11.3 Å². The van der Waals surface area contributed by atoms with Crippen LogP contribution in [0.3, 0.4) is 0 Å². The summed E-state index contributed by atoms with van der Waals surface area (Å²) in [6.07, 6.45) is 1.30. The molecular formula is C16H19N3O5S2. The van der Waals surface area contributed by atoms with Crippen molar-refractivity contribution in [3.8, 4) is 5.75 Å². The Bertz CT molecular complexity index is 918. The molecule has 0 atom stereocenters. The molecule has 1 saturated heterocycles. The van der Waals surface area contributed by atoms with Gasteiger partial charge in [0.25, 0.3) is 5.69 Å². The van der Waals surface area contributed by atoms with Crippen molar-refractivity contribution < 1.29 is 18.1 Å². The number of rotatable bonds is 5. The van der Waals surface area contributed by atoms with Crippen LogP contribution in [0.2, 0.25) is 0 Å². The lowest BCUT2D eigenvalue weighted by molar-refractivity contribution is -0.387. The Balaban J connectivity index is 1.82. The van der Waals surface area contributed by atoms with E-state index >= 15 is 0 Å². The molecule has 10 heteroatoms. The Morgan fingerprint density at radius 2 is 2.04 bits per heavy atom. The third kappa shape index (κ3) is 3.57. The van der Waals surface area contributed by atoms with Crippen LogP contribution in [0.5, 0.6) is 5.75 Å². The molecule has 2 heterocycles. The molecule has 0 unspecified atom stereocenters. The molecule has 140 valence electrons. The van der Waals surface area contributed by atoms with Gasteiger partial charge >= 0.3 is 0 Å². The summed E-state index contributed by atoms with van der Waals surface area (Å²) in [5.41, 5.74) is 0.496. The predicted octanol–water partition coefficient (Wildman–Crippen LogP) is 2.94. The van der Waals surface area contributed by atoms with Crippen molar-refractivity contribution in [2.24, 2.45) is 0 Å². The van der Waals surface area contributed by atoms with Crippen molar-refractivity contribution in [3.05, 3.63) is 44.4 Å². The van der Waals surface area contributed by atoms with Crippen LogP contribution in [0.4, 0.5) is 5.69 Å². The predicted molar refractivity (Wildman–Crippen MR) is 97.2 cm³/mol. The zero-order valence-corrected chi connectivity index (χ0v) is 16.0. The van der Waals surface area contributed by atoms with Gasteiger partial charge in [-0.05, 0) is 31.9 Å². The van der Waals surface area contributed by atoms with Crippen LogP contribution in [-0.4, -0.2) is 42.8 Å². The third-order valence-corrected chi connectivity index (χ3v) is 7.49. The molecule has 1 aliphatic rings. The lowest BCUT2D eigenvalue weighted by atomic mass is 9.99. The SMILES string of the molecule is COc1ccc(S(=O)(=O)N2CCC(c3nc(C)cs3)CC2)c([N+](=O)[O-])c1. The Morgan fingerprint density at radius 3 is 2.58 bits per heavy atom. The van der Waals surface area contributed by atoms with Crippen LogP contribution >= 0.6 is 11.3 Å². The number of aryl methyl sites for hydroxylation is 1. The first-order valence-electron chi connectivity index (χ1n) is 8.07. The summed E-state index contributed by atoms with van der Waals surface area (Å²) in [7, 11) is -2.57.